The number of carboxylic acids is 1. The van der Waals surface area contributed by atoms with Gasteiger partial charge in [-0.1, -0.05) is 12.1 Å². The fourth-order valence-corrected chi connectivity index (χ4v) is 2.96. The number of aromatic nitrogens is 2. The van der Waals surface area contributed by atoms with Crippen LogP contribution in [0.1, 0.15) is 22.8 Å². The number of carboxylic acid groups (broad SMARTS) is 1. The summed E-state index contributed by atoms with van der Waals surface area (Å²) in [4.78, 5) is 28.4. The van der Waals surface area contributed by atoms with Crippen molar-refractivity contribution in [2.45, 2.75) is 20.4 Å². The Morgan fingerprint density at radius 3 is 2.48 bits per heavy atom. The maximum atomic E-state index is 12.4. The lowest BCUT2D eigenvalue weighted by atomic mass is 10.0. The summed E-state index contributed by atoms with van der Waals surface area (Å²) < 4.78 is 6.55. The number of pyridine rings is 2. The average Bonchev–Trinajstić information content (AvgIpc) is 2.62. The highest BCUT2D eigenvalue weighted by molar-refractivity contribution is 5.96. The maximum absolute atomic E-state index is 12.4. The van der Waals surface area contributed by atoms with Crippen LogP contribution in [0.15, 0.2) is 41.3 Å². The molecule has 1 N–H and O–H groups in total. The molecule has 0 unspecified atom stereocenters. The topological polar surface area (TPSA) is 81.4 Å². The van der Waals surface area contributed by atoms with Crippen LogP contribution in [0.25, 0.3) is 22.2 Å². The first kappa shape index (κ1) is 16.7. The largest absolute Gasteiger partial charge is 0.497 e. The van der Waals surface area contributed by atoms with E-state index < -0.39 is 11.5 Å². The van der Waals surface area contributed by atoms with Crippen molar-refractivity contribution >= 4 is 17.0 Å². The normalized spacial score (nSPS) is 10.8. The Kier molecular flexibility index (Phi) is 4.27. The number of fused-ring (bicyclic) bond motifs is 1. The van der Waals surface area contributed by atoms with E-state index in [-0.39, 0.29) is 5.56 Å². The second kappa shape index (κ2) is 6.39. The molecule has 0 atom stereocenters. The zero-order valence-corrected chi connectivity index (χ0v) is 14.2. The van der Waals surface area contributed by atoms with Gasteiger partial charge in [-0.2, -0.15) is 0 Å². The van der Waals surface area contributed by atoms with E-state index in [1.54, 1.807) is 27.2 Å². The first-order chi connectivity index (χ1) is 12.0. The molecule has 0 aliphatic heterocycles. The van der Waals surface area contributed by atoms with Gasteiger partial charge in [0, 0.05) is 23.7 Å². The van der Waals surface area contributed by atoms with Gasteiger partial charge in [-0.15, -0.1) is 0 Å². The summed E-state index contributed by atoms with van der Waals surface area (Å²) in [5.74, 6) is -0.469. The summed E-state index contributed by atoms with van der Waals surface area (Å²) in [6.07, 6.45) is 1.69. The minimum Gasteiger partial charge on any atom is -0.497 e. The highest BCUT2D eigenvalue weighted by Gasteiger charge is 2.19. The molecule has 0 aliphatic rings. The van der Waals surface area contributed by atoms with Crippen LogP contribution in [0.4, 0.5) is 0 Å². The highest BCUT2D eigenvalue weighted by Crippen LogP contribution is 2.26. The minimum atomic E-state index is -1.22. The van der Waals surface area contributed by atoms with E-state index in [1.165, 1.54) is 4.57 Å². The third-order valence-electron chi connectivity index (χ3n) is 4.31. The minimum absolute atomic E-state index is 0.206. The van der Waals surface area contributed by atoms with Crippen LogP contribution in [0.3, 0.4) is 0 Å². The molecule has 128 valence electrons. The predicted octanol–water partition coefficient (Wildman–Crippen LogP) is 3.10. The van der Waals surface area contributed by atoms with E-state index in [1.807, 2.05) is 30.3 Å². The standard InChI is InChI=1S/C19H18N2O4/c1-4-21-17-15(11(2)16(18(21)22)19(23)24)9-13(10-20-17)12-5-7-14(25-3)8-6-12/h5-10H,4H2,1-3H3,(H,23,24). The third-order valence-corrected chi connectivity index (χ3v) is 4.31. The smallest absolute Gasteiger partial charge is 0.341 e. The van der Waals surface area contributed by atoms with Gasteiger partial charge in [-0.05, 0) is 43.2 Å². The Balaban J connectivity index is 2.29. The van der Waals surface area contributed by atoms with E-state index in [4.69, 9.17) is 4.74 Å². The number of hydrogen-bond donors (Lipinski definition) is 1. The lowest BCUT2D eigenvalue weighted by molar-refractivity contribution is 0.0693. The zero-order valence-electron chi connectivity index (χ0n) is 14.2. The quantitative estimate of drug-likeness (QED) is 0.790. The van der Waals surface area contributed by atoms with Crippen molar-refractivity contribution < 1.29 is 14.6 Å². The van der Waals surface area contributed by atoms with Gasteiger partial charge in [0.25, 0.3) is 5.56 Å². The summed E-state index contributed by atoms with van der Waals surface area (Å²) in [5.41, 5.74) is 1.97. The van der Waals surface area contributed by atoms with Crippen LogP contribution in [-0.2, 0) is 6.54 Å². The molecule has 2 heterocycles. The number of aromatic carboxylic acids is 1. The number of aryl methyl sites for hydroxylation is 2. The number of rotatable bonds is 4. The second-order valence-electron chi connectivity index (χ2n) is 5.68. The Morgan fingerprint density at radius 1 is 1.24 bits per heavy atom. The van der Waals surface area contributed by atoms with Gasteiger partial charge in [0.2, 0.25) is 0 Å². The van der Waals surface area contributed by atoms with Crippen LogP contribution in [0.5, 0.6) is 5.75 Å². The van der Waals surface area contributed by atoms with Gasteiger partial charge in [0.1, 0.15) is 17.0 Å². The SMILES string of the molecule is CCn1c(=O)c(C(=O)O)c(C)c2cc(-c3ccc(OC)cc3)cnc21. The molecule has 3 rings (SSSR count). The lowest BCUT2D eigenvalue weighted by Gasteiger charge is -2.13. The zero-order chi connectivity index (χ0) is 18.1. The second-order valence-corrected chi connectivity index (χ2v) is 5.68. The molecule has 2 aromatic heterocycles. The molecule has 0 amide bonds. The number of benzene rings is 1. The van der Waals surface area contributed by atoms with Crippen LogP contribution < -0.4 is 10.3 Å². The van der Waals surface area contributed by atoms with Crippen LogP contribution in [-0.4, -0.2) is 27.7 Å². The highest BCUT2D eigenvalue weighted by atomic mass is 16.5. The van der Waals surface area contributed by atoms with Crippen molar-refractivity contribution in [3.8, 4) is 16.9 Å². The Bertz CT molecular complexity index is 1020. The summed E-state index contributed by atoms with van der Waals surface area (Å²) in [6.45, 7) is 3.79. The van der Waals surface area contributed by atoms with Crippen molar-refractivity contribution in [3.05, 3.63) is 58.0 Å². The molecule has 1 aromatic carbocycles. The summed E-state index contributed by atoms with van der Waals surface area (Å²) in [7, 11) is 1.60. The Labute approximate surface area is 144 Å². The van der Waals surface area contributed by atoms with Crippen molar-refractivity contribution in [2.75, 3.05) is 7.11 Å². The molecule has 0 saturated carbocycles. The van der Waals surface area contributed by atoms with E-state index in [2.05, 4.69) is 4.98 Å². The van der Waals surface area contributed by atoms with Gasteiger partial charge < -0.3 is 9.84 Å². The van der Waals surface area contributed by atoms with Crippen molar-refractivity contribution in [1.29, 1.82) is 0 Å². The molecule has 6 nitrogen and oxygen atoms in total. The van der Waals surface area contributed by atoms with E-state index in [0.717, 1.165) is 16.9 Å². The van der Waals surface area contributed by atoms with Gasteiger partial charge in [-0.3, -0.25) is 9.36 Å². The number of nitrogens with zero attached hydrogens (tertiary/aromatic N) is 2. The van der Waals surface area contributed by atoms with Crippen molar-refractivity contribution in [2.24, 2.45) is 0 Å². The van der Waals surface area contributed by atoms with Crippen molar-refractivity contribution in [1.82, 2.24) is 9.55 Å². The predicted molar refractivity (Wildman–Crippen MR) is 95.4 cm³/mol. The number of hydrogen-bond acceptors (Lipinski definition) is 4. The van der Waals surface area contributed by atoms with E-state index in [0.29, 0.717) is 23.1 Å². The van der Waals surface area contributed by atoms with Crippen molar-refractivity contribution in [3.63, 3.8) is 0 Å². The van der Waals surface area contributed by atoms with Crippen LogP contribution in [0, 0.1) is 6.92 Å². The van der Waals surface area contributed by atoms with Crippen LogP contribution in [0.2, 0.25) is 0 Å². The molecule has 0 saturated heterocycles. The molecule has 0 radical (unpaired) electrons. The molecule has 0 spiro atoms. The van der Waals surface area contributed by atoms with Gasteiger partial charge in [-0.25, -0.2) is 9.78 Å². The van der Waals surface area contributed by atoms with Gasteiger partial charge in [0.15, 0.2) is 0 Å². The van der Waals surface area contributed by atoms with E-state index in [9.17, 15) is 14.7 Å². The molecule has 0 bridgehead atoms. The fraction of sp³-hybridized carbons (Fsp3) is 0.211. The molecule has 0 aliphatic carbocycles. The number of carbonyl (C=O) groups is 1. The van der Waals surface area contributed by atoms with Crippen LogP contribution >= 0.6 is 0 Å². The van der Waals surface area contributed by atoms with Gasteiger partial charge >= 0.3 is 5.97 Å². The summed E-state index contributed by atoms with van der Waals surface area (Å²) in [6, 6.07) is 9.39. The number of ether oxygens (including phenoxy) is 1. The molecular formula is C19H18N2O4. The first-order valence-electron chi connectivity index (χ1n) is 7.88. The summed E-state index contributed by atoms with van der Waals surface area (Å²) >= 11 is 0. The lowest BCUT2D eigenvalue weighted by Crippen LogP contribution is -2.28. The average molecular weight is 338 g/mol. The molecule has 25 heavy (non-hydrogen) atoms. The molecule has 0 fully saturated rings. The molecule has 6 heteroatoms. The number of methoxy groups -OCH3 is 1. The Morgan fingerprint density at radius 2 is 1.92 bits per heavy atom. The van der Waals surface area contributed by atoms with Gasteiger partial charge in [0.05, 0.1) is 7.11 Å². The fourth-order valence-electron chi connectivity index (χ4n) is 2.96. The monoisotopic (exact) mass is 338 g/mol. The first-order valence-corrected chi connectivity index (χ1v) is 7.88. The maximum Gasteiger partial charge on any atom is 0.341 e. The van der Waals surface area contributed by atoms with E-state index >= 15 is 0 Å². The molecular weight excluding hydrogens is 320 g/mol. The molecule has 3 aromatic rings. The Hall–Kier alpha value is -3.15. The summed E-state index contributed by atoms with van der Waals surface area (Å²) in [5, 5.41) is 10.1. The third kappa shape index (κ3) is 2.76.